The molecule has 1 saturated heterocycles. The molecule has 252 valence electrons. The molecule has 0 saturated carbocycles. The Bertz CT molecular complexity index is 1610. The number of fused-ring (bicyclic) bond motifs is 2. The second kappa shape index (κ2) is 12.9. The molecule has 5 nitrogen and oxygen atoms in total. The van der Waals surface area contributed by atoms with E-state index in [1.807, 2.05) is 24.3 Å². The number of halogens is 8. The average molecular weight is 668 g/mol. The molecule has 0 N–H and O–H groups in total. The summed E-state index contributed by atoms with van der Waals surface area (Å²) in [6.45, 7) is 3.74. The highest BCUT2D eigenvalue weighted by Crippen LogP contribution is 2.47. The van der Waals surface area contributed by atoms with Gasteiger partial charge in [0.1, 0.15) is 0 Å². The Morgan fingerprint density at radius 2 is 1.49 bits per heavy atom. The van der Waals surface area contributed by atoms with E-state index in [1.165, 1.54) is 20.0 Å². The molecule has 0 bridgehead atoms. The number of piperidine rings is 1. The van der Waals surface area contributed by atoms with Crippen molar-refractivity contribution in [3.8, 4) is 0 Å². The molecule has 1 spiro atoms. The summed E-state index contributed by atoms with van der Waals surface area (Å²) in [5.74, 6) is -3.95. The van der Waals surface area contributed by atoms with Gasteiger partial charge in [0.25, 0.3) is 5.91 Å². The Morgan fingerprint density at radius 3 is 2.06 bits per heavy atom. The van der Waals surface area contributed by atoms with Gasteiger partial charge in [0.05, 0.1) is 11.1 Å². The Morgan fingerprint density at radius 1 is 0.872 bits per heavy atom. The second-order valence-corrected chi connectivity index (χ2v) is 12.4. The second-order valence-electron chi connectivity index (χ2n) is 12.4. The van der Waals surface area contributed by atoms with E-state index in [2.05, 4.69) is 4.90 Å². The van der Waals surface area contributed by atoms with E-state index in [4.69, 9.17) is 0 Å². The highest BCUT2D eigenvalue weighted by molar-refractivity contribution is 5.95. The highest BCUT2D eigenvalue weighted by Gasteiger charge is 2.45. The summed E-state index contributed by atoms with van der Waals surface area (Å²) in [5, 5.41) is 0. The molecule has 1 fully saturated rings. The standard InChI is InChI=1S/C34H33F8N3O2/c1-21(46)45-20-32(27-5-3-4-6-30(27)45)10-13-44(14-11-32)12-9-23(22-7-8-28(35)29(36)17-22)19-43(2)31(47)24-15-25(33(37,38)39)18-26(16-24)34(40,41)42/h3-8,15-18,23H,9-14,19-20H2,1-2H3/t23-/m1/s1. The first-order valence-electron chi connectivity index (χ1n) is 15.1. The molecule has 3 aromatic rings. The lowest BCUT2D eigenvalue weighted by atomic mass is 9.74. The number of likely N-dealkylation sites (N-methyl/N-ethyl adjacent to an activating group) is 1. The SMILES string of the molecule is CC(=O)N1CC2(CCN(CC[C@H](CN(C)C(=O)c3cc(C(F)(F)F)cc(C(F)(F)F)c3)c3ccc(F)c(F)c3)CC2)c2ccccc21. The number of hydrogen-bond donors (Lipinski definition) is 0. The van der Waals surface area contributed by atoms with Gasteiger partial charge < -0.3 is 14.7 Å². The average Bonchev–Trinajstić information content (AvgIpc) is 3.34. The molecule has 0 aromatic heterocycles. The van der Waals surface area contributed by atoms with E-state index in [-0.39, 0.29) is 23.9 Å². The smallest absolute Gasteiger partial charge is 0.341 e. The number of likely N-dealkylation sites (tertiary alicyclic amines) is 1. The van der Waals surface area contributed by atoms with Gasteiger partial charge in [-0.1, -0.05) is 24.3 Å². The van der Waals surface area contributed by atoms with Crippen molar-refractivity contribution in [2.45, 2.75) is 49.9 Å². The van der Waals surface area contributed by atoms with Gasteiger partial charge >= 0.3 is 12.4 Å². The van der Waals surface area contributed by atoms with Crippen molar-refractivity contribution in [2.75, 3.05) is 44.7 Å². The van der Waals surface area contributed by atoms with Gasteiger partial charge in [0.15, 0.2) is 11.6 Å². The summed E-state index contributed by atoms with van der Waals surface area (Å²) >= 11 is 0. The van der Waals surface area contributed by atoms with Gasteiger partial charge in [-0.25, -0.2) is 8.78 Å². The Kier molecular flexibility index (Phi) is 9.42. The summed E-state index contributed by atoms with van der Waals surface area (Å²) in [6, 6.07) is 11.8. The molecule has 2 amide bonds. The summed E-state index contributed by atoms with van der Waals surface area (Å²) in [6.07, 6.45) is -8.39. The van der Waals surface area contributed by atoms with Crippen LogP contribution < -0.4 is 4.90 Å². The van der Waals surface area contributed by atoms with Crippen LogP contribution in [0.5, 0.6) is 0 Å². The maximum Gasteiger partial charge on any atom is 0.416 e. The Hall–Kier alpha value is -4.00. The van der Waals surface area contributed by atoms with Gasteiger partial charge in [-0.15, -0.1) is 0 Å². The maximum atomic E-state index is 14.3. The highest BCUT2D eigenvalue weighted by atomic mass is 19.4. The first-order valence-corrected chi connectivity index (χ1v) is 15.1. The van der Waals surface area contributed by atoms with Crippen molar-refractivity contribution >= 4 is 17.5 Å². The number of rotatable bonds is 7. The minimum absolute atomic E-state index is 0.0374. The van der Waals surface area contributed by atoms with E-state index in [0.717, 1.165) is 41.1 Å². The zero-order valence-electron chi connectivity index (χ0n) is 25.7. The zero-order valence-corrected chi connectivity index (χ0v) is 25.7. The van der Waals surface area contributed by atoms with Crippen molar-refractivity contribution in [1.82, 2.24) is 9.80 Å². The molecule has 47 heavy (non-hydrogen) atoms. The Balaban J connectivity index is 1.32. The molecule has 3 aromatic carbocycles. The lowest BCUT2D eigenvalue weighted by molar-refractivity contribution is -0.143. The van der Waals surface area contributed by atoms with Crippen molar-refractivity contribution in [2.24, 2.45) is 0 Å². The van der Waals surface area contributed by atoms with Crippen LogP contribution in [0.25, 0.3) is 0 Å². The van der Waals surface area contributed by atoms with Gasteiger partial charge in [0, 0.05) is 49.6 Å². The zero-order chi connectivity index (χ0) is 34.3. The topological polar surface area (TPSA) is 43.9 Å². The molecule has 2 aliphatic rings. The van der Waals surface area contributed by atoms with E-state index in [1.54, 1.807) is 4.90 Å². The van der Waals surface area contributed by atoms with Crippen LogP contribution in [0, 0.1) is 11.6 Å². The summed E-state index contributed by atoms with van der Waals surface area (Å²) < 4.78 is 109. The lowest BCUT2D eigenvalue weighted by Gasteiger charge is -2.40. The molecule has 13 heteroatoms. The van der Waals surface area contributed by atoms with Crippen LogP contribution in [-0.2, 0) is 22.6 Å². The Labute approximate surface area is 266 Å². The number of nitrogens with zero attached hydrogens (tertiary/aromatic N) is 3. The quantitative estimate of drug-likeness (QED) is 0.243. The number of benzene rings is 3. The molecule has 1 atom stereocenters. The third-order valence-electron chi connectivity index (χ3n) is 9.30. The molecule has 2 heterocycles. The van der Waals surface area contributed by atoms with Crippen LogP contribution in [0.3, 0.4) is 0 Å². The third kappa shape index (κ3) is 7.29. The predicted octanol–water partition coefficient (Wildman–Crippen LogP) is 7.65. The molecule has 0 aliphatic carbocycles. The number of para-hydroxylation sites is 1. The number of anilines is 1. The summed E-state index contributed by atoms with van der Waals surface area (Å²) in [7, 11) is 1.24. The molecule has 5 rings (SSSR count). The number of amides is 2. The maximum absolute atomic E-state index is 14.3. The minimum Gasteiger partial charge on any atom is -0.341 e. The van der Waals surface area contributed by atoms with Crippen LogP contribution in [0.15, 0.2) is 60.7 Å². The third-order valence-corrected chi connectivity index (χ3v) is 9.30. The first-order chi connectivity index (χ1) is 22.0. The van der Waals surface area contributed by atoms with Gasteiger partial charge in [-0.3, -0.25) is 9.59 Å². The fourth-order valence-corrected chi connectivity index (χ4v) is 6.72. The first kappa shape index (κ1) is 34.3. The van der Waals surface area contributed by atoms with Crippen molar-refractivity contribution in [3.05, 3.63) is 100 Å². The van der Waals surface area contributed by atoms with Gasteiger partial charge in [0.2, 0.25) is 5.91 Å². The number of alkyl halides is 6. The molecular weight excluding hydrogens is 634 g/mol. The van der Waals surface area contributed by atoms with Gasteiger partial charge in [-0.05, 0) is 86.4 Å². The van der Waals surface area contributed by atoms with Crippen LogP contribution in [0.4, 0.5) is 40.8 Å². The van der Waals surface area contributed by atoms with E-state index >= 15 is 0 Å². The largest absolute Gasteiger partial charge is 0.416 e. The summed E-state index contributed by atoms with van der Waals surface area (Å²) in [4.78, 5) is 30.5. The monoisotopic (exact) mass is 667 g/mol. The number of carbonyl (C=O) groups excluding carboxylic acids is 2. The summed E-state index contributed by atoms with van der Waals surface area (Å²) in [5.41, 5.74) is -1.86. The van der Waals surface area contributed by atoms with Crippen LogP contribution in [0.2, 0.25) is 0 Å². The van der Waals surface area contributed by atoms with Crippen molar-refractivity contribution in [1.29, 1.82) is 0 Å². The fraction of sp³-hybridized carbons (Fsp3) is 0.412. The predicted molar refractivity (Wildman–Crippen MR) is 159 cm³/mol. The van der Waals surface area contributed by atoms with Crippen LogP contribution >= 0.6 is 0 Å². The van der Waals surface area contributed by atoms with Crippen molar-refractivity contribution < 1.29 is 44.7 Å². The normalized spacial score (nSPS) is 17.1. The fourth-order valence-electron chi connectivity index (χ4n) is 6.72. The van der Waals surface area contributed by atoms with Crippen molar-refractivity contribution in [3.63, 3.8) is 0 Å². The number of hydrogen-bond acceptors (Lipinski definition) is 3. The van der Waals surface area contributed by atoms with Crippen LogP contribution in [0.1, 0.15) is 64.7 Å². The van der Waals surface area contributed by atoms with Crippen LogP contribution in [-0.4, -0.2) is 61.4 Å². The number of carbonyl (C=O) groups is 2. The lowest BCUT2D eigenvalue weighted by Crippen LogP contribution is -2.46. The van der Waals surface area contributed by atoms with E-state index < -0.39 is 52.5 Å². The van der Waals surface area contributed by atoms with E-state index in [0.29, 0.717) is 50.3 Å². The molecular formula is C34H33F8N3O2. The molecule has 0 radical (unpaired) electrons. The molecule has 0 unspecified atom stereocenters. The molecule has 2 aliphatic heterocycles. The minimum atomic E-state index is -5.12. The van der Waals surface area contributed by atoms with E-state index in [9.17, 15) is 44.7 Å². The van der Waals surface area contributed by atoms with Gasteiger partial charge in [-0.2, -0.15) is 26.3 Å².